The number of rotatable bonds is 3. The Morgan fingerprint density at radius 1 is 1.50 bits per heavy atom. The molecule has 3 atom stereocenters. The summed E-state index contributed by atoms with van der Waals surface area (Å²) in [6, 6.07) is 0. The minimum Gasteiger partial charge on any atom is -0.317 e. The van der Waals surface area contributed by atoms with Gasteiger partial charge in [0.05, 0.1) is 0 Å². The van der Waals surface area contributed by atoms with Crippen LogP contribution in [0.4, 0.5) is 0 Å². The summed E-state index contributed by atoms with van der Waals surface area (Å²) in [5.41, 5.74) is 0.784. The van der Waals surface area contributed by atoms with Crippen LogP contribution in [-0.4, -0.2) is 24.1 Å². The molecule has 2 fully saturated rings. The number of hydrogen-bond donors (Lipinski definition) is 1. The summed E-state index contributed by atoms with van der Waals surface area (Å²) in [6.45, 7) is 6.97. The third-order valence-electron chi connectivity index (χ3n) is 3.35. The molecule has 1 saturated carbocycles. The van der Waals surface area contributed by atoms with E-state index in [0.29, 0.717) is 0 Å². The van der Waals surface area contributed by atoms with Crippen LogP contribution in [0.25, 0.3) is 0 Å². The largest absolute Gasteiger partial charge is 0.317 e. The third-order valence-corrected chi connectivity index (χ3v) is 4.83. The lowest BCUT2D eigenvalue weighted by Crippen LogP contribution is -2.19. The van der Waals surface area contributed by atoms with Gasteiger partial charge >= 0.3 is 0 Å². The zero-order valence-electron chi connectivity index (χ0n) is 8.10. The first kappa shape index (κ1) is 8.89. The normalized spacial score (nSPS) is 45.5. The highest BCUT2D eigenvalue weighted by Gasteiger charge is 2.56. The standard InChI is InChI=1S/C10H19NS/c1-3-11-6-9-5-10(9)4-8(2)12-7-10/h8-9,11H,3-7H2,1-2H3. The van der Waals surface area contributed by atoms with Crippen molar-refractivity contribution in [2.75, 3.05) is 18.8 Å². The molecule has 0 amide bonds. The quantitative estimate of drug-likeness (QED) is 0.723. The molecule has 1 aliphatic heterocycles. The van der Waals surface area contributed by atoms with Gasteiger partial charge in [-0.15, -0.1) is 0 Å². The molecule has 0 aromatic rings. The Labute approximate surface area is 79.7 Å². The number of hydrogen-bond acceptors (Lipinski definition) is 2. The first-order valence-corrected chi connectivity index (χ1v) is 6.14. The number of nitrogens with one attached hydrogen (secondary N) is 1. The fourth-order valence-electron chi connectivity index (χ4n) is 2.46. The van der Waals surface area contributed by atoms with E-state index >= 15 is 0 Å². The maximum Gasteiger partial charge on any atom is 0.00246 e. The second kappa shape index (κ2) is 3.22. The Bertz CT molecular complexity index is 169. The fourth-order valence-corrected chi connectivity index (χ4v) is 4.00. The molecule has 1 spiro atoms. The van der Waals surface area contributed by atoms with Crippen molar-refractivity contribution in [3.63, 3.8) is 0 Å². The smallest absolute Gasteiger partial charge is 0.00246 e. The van der Waals surface area contributed by atoms with Crippen LogP contribution in [0.2, 0.25) is 0 Å². The second-order valence-corrected chi connectivity index (χ2v) is 5.82. The van der Waals surface area contributed by atoms with Crippen molar-refractivity contribution in [1.82, 2.24) is 5.32 Å². The molecule has 0 aromatic carbocycles. The van der Waals surface area contributed by atoms with Crippen molar-refractivity contribution in [1.29, 1.82) is 0 Å². The van der Waals surface area contributed by atoms with E-state index in [-0.39, 0.29) is 0 Å². The van der Waals surface area contributed by atoms with Gasteiger partial charge in [0, 0.05) is 5.25 Å². The molecule has 0 aromatic heterocycles. The second-order valence-electron chi connectivity index (χ2n) is 4.40. The van der Waals surface area contributed by atoms with E-state index in [1.54, 1.807) is 0 Å². The Morgan fingerprint density at radius 3 is 2.92 bits per heavy atom. The van der Waals surface area contributed by atoms with Crippen molar-refractivity contribution in [2.45, 2.75) is 31.9 Å². The summed E-state index contributed by atoms with van der Waals surface area (Å²) in [6.07, 6.45) is 2.98. The van der Waals surface area contributed by atoms with E-state index in [1.165, 1.54) is 25.1 Å². The van der Waals surface area contributed by atoms with Gasteiger partial charge < -0.3 is 5.32 Å². The average Bonchev–Trinajstić information content (AvgIpc) is 2.57. The summed E-state index contributed by atoms with van der Waals surface area (Å²) in [7, 11) is 0. The van der Waals surface area contributed by atoms with Crippen LogP contribution in [-0.2, 0) is 0 Å². The maximum atomic E-state index is 3.47. The highest BCUT2D eigenvalue weighted by atomic mass is 32.2. The van der Waals surface area contributed by atoms with Crippen LogP contribution in [0, 0.1) is 11.3 Å². The lowest BCUT2D eigenvalue weighted by Gasteiger charge is -2.07. The Hall–Kier alpha value is 0.310. The van der Waals surface area contributed by atoms with Crippen LogP contribution in [0.15, 0.2) is 0 Å². The van der Waals surface area contributed by atoms with Gasteiger partial charge in [-0.2, -0.15) is 11.8 Å². The monoisotopic (exact) mass is 185 g/mol. The summed E-state index contributed by atoms with van der Waals surface area (Å²) in [5.74, 6) is 2.44. The van der Waals surface area contributed by atoms with E-state index in [9.17, 15) is 0 Å². The van der Waals surface area contributed by atoms with Crippen LogP contribution in [0.5, 0.6) is 0 Å². The summed E-state index contributed by atoms with van der Waals surface area (Å²) in [4.78, 5) is 0. The predicted octanol–water partition coefficient (Wildman–Crippen LogP) is 2.13. The molecule has 1 heterocycles. The average molecular weight is 185 g/mol. The first-order valence-electron chi connectivity index (χ1n) is 5.09. The van der Waals surface area contributed by atoms with Crippen LogP contribution >= 0.6 is 11.8 Å². The maximum absolute atomic E-state index is 3.47. The molecule has 2 aliphatic rings. The topological polar surface area (TPSA) is 12.0 Å². The van der Waals surface area contributed by atoms with Gasteiger partial charge in [0.2, 0.25) is 0 Å². The van der Waals surface area contributed by atoms with Gasteiger partial charge in [-0.3, -0.25) is 0 Å². The lowest BCUT2D eigenvalue weighted by molar-refractivity contribution is 0.476. The van der Waals surface area contributed by atoms with E-state index < -0.39 is 0 Å². The van der Waals surface area contributed by atoms with Crippen molar-refractivity contribution < 1.29 is 0 Å². The zero-order valence-corrected chi connectivity index (χ0v) is 8.91. The first-order chi connectivity index (χ1) is 5.77. The van der Waals surface area contributed by atoms with E-state index in [0.717, 1.165) is 23.1 Å². The summed E-state index contributed by atoms with van der Waals surface area (Å²) in [5, 5.41) is 4.39. The molecule has 2 rings (SSSR count). The van der Waals surface area contributed by atoms with Crippen LogP contribution < -0.4 is 5.32 Å². The molecular formula is C10H19NS. The molecule has 1 N–H and O–H groups in total. The van der Waals surface area contributed by atoms with Gasteiger partial charge in [0.25, 0.3) is 0 Å². The minimum atomic E-state index is 0.784. The van der Waals surface area contributed by atoms with E-state index in [1.807, 2.05) is 0 Å². The van der Waals surface area contributed by atoms with Gasteiger partial charge in [-0.05, 0) is 43.0 Å². The molecule has 2 heteroatoms. The Balaban J connectivity index is 1.78. The van der Waals surface area contributed by atoms with E-state index in [4.69, 9.17) is 0 Å². The third kappa shape index (κ3) is 1.51. The van der Waals surface area contributed by atoms with Crippen molar-refractivity contribution >= 4 is 11.8 Å². The van der Waals surface area contributed by atoms with E-state index in [2.05, 4.69) is 30.9 Å². The van der Waals surface area contributed by atoms with Gasteiger partial charge in [0.1, 0.15) is 0 Å². The fraction of sp³-hybridized carbons (Fsp3) is 1.00. The van der Waals surface area contributed by atoms with Crippen LogP contribution in [0.3, 0.4) is 0 Å². The lowest BCUT2D eigenvalue weighted by atomic mass is 10.0. The highest BCUT2D eigenvalue weighted by molar-refractivity contribution is 8.00. The molecule has 1 nitrogen and oxygen atoms in total. The molecule has 1 aliphatic carbocycles. The zero-order chi connectivity index (χ0) is 8.60. The van der Waals surface area contributed by atoms with Crippen molar-refractivity contribution in [3.8, 4) is 0 Å². The van der Waals surface area contributed by atoms with Crippen molar-refractivity contribution in [3.05, 3.63) is 0 Å². The SMILES string of the molecule is CCNCC1CC12CSC(C)C2. The summed E-state index contributed by atoms with van der Waals surface area (Å²) < 4.78 is 0. The Kier molecular flexibility index (Phi) is 2.39. The molecular weight excluding hydrogens is 166 g/mol. The number of thioether (sulfide) groups is 1. The highest BCUT2D eigenvalue weighted by Crippen LogP contribution is 2.62. The summed E-state index contributed by atoms with van der Waals surface area (Å²) >= 11 is 2.18. The van der Waals surface area contributed by atoms with Gasteiger partial charge in [-0.1, -0.05) is 13.8 Å². The van der Waals surface area contributed by atoms with Crippen molar-refractivity contribution in [2.24, 2.45) is 11.3 Å². The molecule has 1 saturated heterocycles. The van der Waals surface area contributed by atoms with Gasteiger partial charge in [-0.25, -0.2) is 0 Å². The molecule has 0 bridgehead atoms. The molecule has 3 unspecified atom stereocenters. The van der Waals surface area contributed by atoms with Crippen LogP contribution in [0.1, 0.15) is 26.7 Å². The predicted molar refractivity (Wildman–Crippen MR) is 55.6 cm³/mol. The minimum absolute atomic E-state index is 0.784. The van der Waals surface area contributed by atoms with Gasteiger partial charge in [0.15, 0.2) is 0 Å². The Morgan fingerprint density at radius 2 is 2.33 bits per heavy atom. The molecule has 12 heavy (non-hydrogen) atoms. The molecule has 0 radical (unpaired) electrons. The molecule has 70 valence electrons.